The van der Waals surface area contributed by atoms with Crippen LogP contribution in [0.2, 0.25) is 0 Å². The van der Waals surface area contributed by atoms with Gasteiger partial charge in [-0.3, -0.25) is 0 Å². The van der Waals surface area contributed by atoms with Crippen LogP contribution in [0.5, 0.6) is 0 Å². The maximum Gasteiger partial charge on any atom is 0.416 e. The monoisotopic (exact) mass is 323 g/mol. The van der Waals surface area contributed by atoms with Crippen LogP contribution in [-0.2, 0) is 6.18 Å². The van der Waals surface area contributed by atoms with E-state index >= 15 is 0 Å². The second-order valence-electron chi connectivity index (χ2n) is 5.35. The highest BCUT2D eigenvalue weighted by atomic mass is 19.4. The molecule has 0 saturated carbocycles. The zero-order chi connectivity index (χ0) is 17.2. The standard InChI is InChI=1S/C20H12F3N/c21-20(22,23)19-9-5-14(6-10-19)11-18(13-24)17-8-7-15-3-1-2-4-16(15)12-17/h1-12H. The highest BCUT2D eigenvalue weighted by molar-refractivity contribution is 5.94. The van der Waals surface area contributed by atoms with Gasteiger partial charge in [-0.25, -0.2) is 0 Å². The summed E-state index contributed by atoms with van der Waals surface area (Å²) in [5.74, 6) is 0. The maximum absolute atomic E-state index is 12.6. The quantitative estimate of drug-likeness (QED) is 0.424. The van der Waals surface area contributed by atoms with E-state index in [0.29, 0.717) is 11.1 Å². The van der Waals surface area contributed by atoms with E-state index in [9.17, 15) is 18.4 Å². The Morgan fingerprint density at radius 2 is 1.54 bits per heavy atom. The first-order valence-electron chi connectivity index (χ1n) is 7.25. The van der Waals surface area contributed by atoms with Crippen LogP contribution in [0.25, 0.3) is 22.4 Å². The fourth-order valence-corrected chi connectivity index (χ4v) is 2.47. The summed E-state index contributed by atoms with van der Waals surface area (Å²) in [6.07, 6.45) is -2.77. The lowest BCUT2D eigenvalue weighted by atomic mass is 10.00. The van der Waals surface area contributed by atoms with Gasteiger partial charge in [0.1, 0.15) is 0 Å². The zero-order valence-corrected chi connectivity index (χ0v) is 12.5. The highest BCUT2D eigenvalue weighted by Crippen LogP contribution is 2.30. The molecule has 0 radical (unpaired) electrons. The van der Waals surface area contributed by atoms with Crippen LogP contribution in [0.3, 0.4) is 0 Å². The lowest BCUT2D eigenvalue weighted by Gasteiger charge is -2.06. The Bertz CT molecular complexity index is 945. The van der Waals surface area contributed by atoms with Gasteiger partial charge in [-0.05, 0) is 46.2 Å². The van der Waals surface area contributed by atoms with Crippen LogP contribution in [0, 0.1) is 11.3 Å². The molecule has 0 spiro atoms. The van der Waals surface area contributed by atoms with E-state index in [2.05, 4.69) is 6.07 Å². The summed E-state index contributed by atoms with van der Waals surface area (Å²) >= 11 is 0. The van der Waals surface area contributed by atoms with Crippen LogP contribution in [0.1, 0.15) is 16.7 Å². The highest BCUT2D eigenvalue weighted by Gasteiger charge is 2.29. The Hall–Kier alpha value is -3.06. The van der Waals surface area contributed by atoms with Gasteiger partial charge in [-0.2, -0.15) is 18.4 Å². The molecule has 3 aromatic rings. The maximum atomic E-state index is 12.6. The average molecular weight is 323 g/mol. The molecule has 24 heavy (non-hydrogen) atoms. The van der Waals surface area contributed by atoms with Crippen LogP contribution >= 0.6 is 0 Å². The molecule has 0 heterocycles. The van der Waals surface area contributed by atoms with Crippen molar-refractivity contribution >= 4 is 22.4 Å². The predicted molar refractivity (Wildman–Crippen MR) is 88.9 cm³/mol. The molecule has 1 nitrogen and oxygen atoms in total. The Morgan fingerprint density at radius 1 is 0.875 bits per heavy atom. The van der Waals surface area contributed by atoms with Crippen molar-refractivity contribution in [3.05, 3.63) is 83.4 Å². The lowest BCUT2D eigenvalue weighted by Crippen LogP contribution is -2.03. The molecule has 0 aliphatic heterocycles. The van der Waals surface area contributed by atoms with E-state index in [1.54, 1.807) is 6.08 Å². The number of benzene rings is 3. The third-order valence-corrected chi connectivity index (χ3v) is 3.73. The zero-order valence-electron chi connectivity index (χ0n) is 12.5. The summed E-state index contributed by atoms with van der Waals surface area (Å²) in [5.41, 5.74) is 0.980. The van der Waals surface area contributed by atoms with Crippen LogP contribution in [-0.4, -0.2) is 0 Å². The van der Waals surface area contributed by atoms with Crippen molar-refractivity contribution in [3.63, 3.8) is 0 Å². The van der Waals surface area contributed by atoms with Gasteiger partial charge in [0, 0.05) is 0 Å². The number of halogens is 3. The summed E-state index contributed by atoms with van der Waals surface area (Å²) in [7, 11) is 0. The largest absolute Gasteiger partial charge is 0.416 e. The van der Waals surface area contributed by atoms with Gasteiger partial charge < -0.3 is 0 Å². The number of rotatable bonds is 2. The minimum absolute atomic E-state index is 0.403. The third-order valence-electron chi connectivity index (χ3n) is 3.73. The molecule has 0 aromatic heterocycles. The van der Waals surface area contributed by atoms with Crippen LogP contribution < -0.4 is 0 Å². The number of alkyl halides is 3. The topological polar surface area (TPSA) is 23.8 Å². The van der Waals surface area contributed by atoms with Gasteiger partial charge in [0.05, 0.1) is 17.2 Å². The van der Waals surface area contributed by atoms with Crippen molar-refractivity contribution in [2.45, 2.75) is 6.18 Å². The average Bonchev–Trinajstić information content (AvgIpc) is 2.59. The number of allylic oxidation sites excluding steroid dienone is 1. The van der Waals surface area contributed by atoms with Crippen molar-refractivity contribution in [2.24, 2.45) is 0 Å². The molecule has 4 heteroatoms. The normalized spacial score (nSPS) is 12.2. The summed E-state index contributed by atoms with van der Waals surface area (Å²) in [6.45, 7) is 0. The lowest BCUT2D eigenvalue weighted by molar-refractivity contribution is -0.137. The summed E-state index contributed by atoms with van der Waals surface area (Å²) in [5, 5.41) is 11.5. The van der Waals surface area contributed by atoms with Gasteiger partial charge in [0.2, 0.25) is 0 Å². The third kappa shape index (κ3) is 3.31. The molecule has 0 N–H and O–H groups in total. The van der Waals surface area contributed by atoms with E-state index in [4.69, 9.17) is 0 Å². The Balaban J connectivity index is 1.98. The van der Waals surface area contributed by atoms with Crippen molar-refractivity contribution < 1.29 is 13.2 Å². The second-order valence-corrected chi connectivity index (χ2v) is 5.35. The molecule has 0 aliphatic carbocycles. The Morgan fingerprint density at radius 3 is 2.17 bits per heavy atom. The minimum atomic E-state index is -4.36. The molecule has 3 aromatic carbocycles. The van der Waals surface area contributed by atoms with E-state index in [-0.39, 0.29) is 0 Å². The minimum Gasteiger partial charge on any atom is -0.192 e. The van der Waals surface area contributed by atoms with Gasteiger partial charge in [0.15, 0.2) is 0 Å². The van der Waals surface area contributed by atoms with Crippen molar-refractivity contribution in [3.8, 4) is 6.07 Å². The molecular formula is C20H12F3N. The Labute approximate surface area is 137 Å². The molecule has 0 saturated heterocycles. The van der Waals surface area contributed by atoms with Crippen molar-refractivity contribution in [2.75, 3.05) is 0 Å². The smallest absolute Gasteiger partial charge is 0.192 e. The molecule has 0 fully saturated rings. The first kappa shape index (κ1) is 15.8. The van der Waals surface area contributed by atoms with Crippen LogP contribution in [0.4, 0.5) is 13.2 Å². The number of nitriles is 1. The molecule has 0 bridgehead atoms. The molecule has 0 amide bonds. The fraction of sp³-hybridized carbons (Fsp3) is 0.0500. The van der Waals surface area contributed by atoms with E-state index < -0.39 is 11.7 Å². The molecule has 0 unspecified atom stereocenters. The number of hydrogen-bond acceptors (Lipinski definition) is 1. The van der Waals surface area contributed by atoms with Gasteiger partial charge >= 0.3 is 6.18 Å². The molecule has 3 rings (SSSR count). The molecule has 0 aliphatic rings. The summed E-state index contributed by atoms with van der Waals surface area (Å²) in [6, 6.07) is 20.3. The van der Waals surface area contributed by atoms with Crippen molar-refractivity contribution in [1.29, 1.82) is 5.26 Å². The van der Waals surface area contributed by atoms with E-state index in [0.717, 1.165) is 28.5 Å². The first-order valence-corrected chi connectivity index (χ1v) is 7.25. The fourth-order valence-electron chi connectivity index (χ4n) is 2.47. The number of hydrogen-bond donors (Lipinski definition) is 0. The van der Waals surface area contributed by atoms with Gasteiger partial charge in [0.25, 0.3) is 0 Å². The number of fused-ring (bicyclic) bond motifs is 1. The summed E-state index contributed by atoms with van der Waals surface area (Å²) < 4.78 is 37.8. The summed E-state index contributed by atoms with van der Waals surface area (Å²) in [4.78, 5) is 0. The van der Waals surface area contributed by atoms with Crippen LogP contribution in [0.15, 0.2) is 66.7 Å². The van der Waals surface area contributed by atoms with Gasteiger partial charge in [-0.1, -0.05) is 48.5 Å². The van der Waals surface area contributed by atoms with E-state index in [1.165, 1.54) is 12.1 Å². The predicted octanol–water partition coefficient (Wildman–Crippen LogP) is 5.92. The SMILES string of the molecule is N#CC(=Cc1ccc(C(F)(F)F)cc1)c1ccc2ccccc2c1. The van der Waals surface area contributed by atoms with Crippen molar-refractivity contribution in [1.82, 2.24) is 0 Å². The molecule has 118 valence electrons. The number of nitrogens with zero attached hydrogens (tertiary/aromatic N) is 1. The van der Waals surface area contributed by atoms with E-state index in [1.807, 2.05) is 42.5 Å². The second kappa shape index (κ2) is 6.21. The Kier molecular flexibility index (Phi) is 4.09. The van der Waals surface area contributed by atoms with Gasteiger partial charge in [-0.15, -0.1) is 0 Å². The first-order chi connectivity index (χ1) is 11.5. The molecule has 0 atom stereocenters. The molecular weight excluding hydrogens is 311 g/mol.